The third-order valence-electron chi connectivity index (χ3n) is 4.28. The molecule has 102 valence electrons. The number of amides is 1. The van der Waals surface area contributed by atoms with Crippen LogP contribution in [0.3, 0.4) is 0 Å². The number of hydrogen-bond donors (Lipinski definition) is 1. The minimum absolute atomic E-state index is 0.0182. The highest BCUT2D eigenvalue weighted by Crippen LogP contribution is 2.26. The fourth-order valence-corrected chi connectivity index (χ4v) is 3.21. The standard InChI is InChI=1S/C14H20N4O/c1-10-8-17-6-2-3-11(17)9-18(10)14(19)12-7-16-5-4-13(12)15/h4-5,7,10-11H,2-3,6,8-9H2,1H3,(H2,15,16)/t10-,11+/m0/s1. The topological polar surface area (TPSA) is 62.5 Å². The number of nitrogen functional groups attached to an aromatic ring is 1. The molecule has 0 bridgehead atoms. The maximum Gasteiger partial charge on any atom is 0.257 e. The molecular formula is C14H20N4O. The van der Waals surface area contributed by atoms with Crippen molar-refractivity contribution in [1.82, 2.24) is 14.8 Å². The molecule has 1 aromatic heterocycles. The average Bonchev–Trinajstić information content (AvgIpc) is 2.84. The molecule has 2 aliphatic heterocycles. The number of piperazine rings is 1. The lowest BCUT2D eigenvalue weighted by Gasteiger charge is -2.42. The maximum atomic E-state index is 12.6. The Labute approximate surface area is 113 Å². The molecule has 0 radical (unpaired) electrons. The van der Waals surface area contributed by atoms with E-state index in [-0.39, 0.29) is 11.9 Å². The first-order chi connectivity index (χ1) is 9.16. The van der Waals surface area contributed by atoms with Crippen LogP contribution in [-0.4, -0.2) is 52.4 Å². The minimum atomic E-state index is 0.0182. The van der Waals surface area contributed by atoms with Crippen molar-refractivity contribution in [2.24, 2.45) is 0 Å². The molecular weight excluding hydrogens is 240 g/mol. The Morgan fingerprint density at radius 3 is 3.11 bits per heavy atom. The SMILES string of the molecule is C[C@H]1CN2CCC[C@@H]2CN1C(=O)c1cnccc1N. The van der Waals surface area contributed by atoms with E-state index in [1.54, 1.807) is 18.5 Å². The Morgan fingerprint density at radius 2 is 2.32 bits per heavy atom. The van der Waals surface area contributed by atoms with Crippen molar-refractivity contribution >= 4 is 11.6 Å². The fourth-order valence-electron chi connectivity index (χ4n) is 3.21. The molecule has 2 aliphatic rings. The van der Waals surface area contributed by atoms with E-state index >= 15 is 0 Å². The van der Waals surface area contributed by atoms with Crippen LogP contribution in [0.15, 0.2) is 18.5 Å². The van der Waals surface area contributed by atoms with Crippen LogP contribution in [0.4, 0.5) is 5.69 Å². The van der Waals surface area contributed by atoms with E-state index in [0.29, 0.717) is 17.3 Å². The monoisotopic (exact) mass is 260 g/mol. The first-order valence-electron chi connectivity index (χ1n) is 6.91. The van der Waals surface area contributed by atoms with Crippen LogP contribution in [0.1, 0.15) is 30.1 Å². The number of pyridine rings is 1. The predicted octanol–water partition coefficient (Wildman–Crippen LogP) is 0.972. The molecule has 0 unspecified atom stereocenters. The maximum absolute atomic E-state index is 12.6. The van der Waals surface area contributed by atoms with Crippen LogP contribution in [0.25, 0.3) is 0 Å². The molecule has 2 atom stereocenters. The van der Waals surface area contributed by atoms with Crippen molar-refractivity contribution in [3.05, 3.63) is 24.0 Å². The van der Waals surface area contributed by atoms with E-state index in [0.717, 1.165) is 13.1 Å². The van der Waals surface area contributed by atoms with Crippen molar-refractivity contribution in [1.29, 1.82) is 0 Å². The zero-order chi connectivity index (χ0) is 13.4. The van der Waals surface area contributed by atoms with Crippen LogP contribution >= 0.6 is 0 Å². The summed E-state index contributed by atoms with van der Waals surface area (Å²) >= 11 is 0. The predicted molar refractivity (Wildman–Crippen MR) is 73.7 cm³/mol. The largest absolute Gasteiger partial charge is 0.398 e. The van der Waals surface area contributed by atoms with Gasteiger partial charge in [0.2, 0.25) is 0 Å². The summed E-state index contributed by atoms with van der Waals surface area (Å²) < 4.78 is 0. The number of hydrogen-bond acceptors (Lipinski definition) is 4. The van der Waals surface area contributed by atoms with Crippen molar-refractivity contribution in [3.8, 4) is 0 Å². The minimum Gasteiger partial charge on any atom is -0.398 e. The Balaban J connectivity index is 1.81. The van der Waals surface area contributed by atoms with E-state index in [1.807, 2.05) is 4.90 Å². The van der Waals surface area contributed by atoms with Crippen LogP contribution < -0.4 is 5.73 Å². The highest BCUT2D eigenvalue weighted by molar-refractivity contribution is 5.99. The van der Waals surface area contributed by atoms with Gasteiger partial charge >= 0.3 is 0 Å². The summed E-state index contributed by atoms with van der Waals surface area (Å²) in [7, 11) is 0. The highest BCUT2D eigenvalue weighted by Gasteiger charge is 2.37. The molecule has 2 fully saturated rings. The Hall–Kier alpha value is -1.62. The molecule has 2 N–H and O–H groups in total. The molecule has 3 rings (SSSR count). The van der Waals surface area contributed by atoms with E-state index in [1.165, 1.54) is 19.4 Å². The fraction of sp³-hybridized carbons (Fsp3) is 0.571. The molecule has 1 amide bonds. The van der Waals surface area contributed by atoms with Gasteiger partial charge < -0.3 is 10.6 Å². The van der Waals surface area contributed by atoms with Crippen LogP contribution in [0.5, 0.6) is 0 Å². The van der Waals surface area contributed by atoms with Crippen LogP contribution in [-0.2, 0) is 0 Å². The van der Waals surface area contributed by atoms with Gasteiger partial charge in [-0.15, -0.1) is 0 Å². The lowest BCUT2D eigenvalue weighted by Crippen LogP contribution is -2.56. The van der Waals surface area contributed by atoms with E-state index in [9.17, 15) is 4.79 Å². The zero-order valence-electron chi connectivity index (χ0n) is 11.2. The molecule has 19 heavy (non-hydrogen) atoms. The van der Waals surface area contributed by atoms with E-state index < -0.39 is 0 Å². The quantitative estimate of drug-likeness (QED) is 0.817. The number of anilines is 1. The first kappa shape index (κ1) is 12.4. The van der Waals surface area contributed by atoms with Crippen molar-refractivity contribution in [3.63, 3.8) is 0 Å². The summed E-state index contributed by atoms with van der Waals surface area (Å²) in [4.78, 5) is 21.1. The van der Waals surface area contributed by atoms with Gasteiger partial charge in [-0.3, -0.25) is 14.7 Å². The normalized spacial score (nSPS) is 27.3. The van der Waals surface area contributed by atoms with Crippen LogP contribution in [0.2, 0.25) is 0 Å². The Morgan fingerprint density at radius 1 is 1.47 bits per heavy atom. The van der Waals surface area contributed by atoms with Crippen LogP contribution in [0, 0.1) is 0 Å². The number of nitrogens with two attached hydrogens (primary N) is 1. The van der Waals surface area contributed by atoms with Gasteiger partial charge in [-0.05, 0) is 32.4 Å². The summed E-state index contributed by atoms with van der Waals surface area (Å²) in [6.45, 7) is 5.07. The van der Waals surface area contributed by atoms with Gasteiger partial charge in [-0.1, -0.05) is 0 Å². The summed E-state index contributed by atoms with van der Waals surface area (Å²) in [6.07, 6.45) is 5.63. The third-order valence-corrected chi connectivity index (χ3v) is 4.28. The van der Waals surface area contributed by atoms with Gasteiger partial charge in [0.25, 0.3) is 5.91 Å². The van der Waals surface area contributed by atoms with Crippen molar-refractivity contribution in [2.45, 2.75) is 31.8 Å². The molecule has 5 nitrogen and oxygen atoms in total. The smallest absolute Gasteiger partial charge is 0.257 e. The second kappa shape index (κ2) is 4.81. The summed E-state index contributed by atoms with van der Waals surface area (Å²) in [5.74, 6) is 0.0182. The van der Waals surface area contributed by atoms with Gasteiger partial charge in [0.1, 0.15) is 0 Å². The number of carbonyl (C=O) groups is 1. The van der Waals surface area contributed by atoms with Crippen molar-refractivity contribution < 1.29 is 4.79 Å². The lowest BCUT2D eigenvalue weighted by atomic mass is 10.1. The molecule has 0 aliphatic carbocycles. The van der Waals surface area contributed by atoms with Gasteiger partial charge in [-0.25, -0.2) is 0 Å². The highest BCUT2D eigenvalue weighted by atomic mass is 16.2. The Kier molecular flexibility index (Phi) is 3.14. The molecule has 3 heterocycles. The number of carbonyl (C=O) groups excluding carboxylic acids is 1. The zero-order valence-corrected chi connectivity index (χ0v) is 11.2. The Bertz CT molecular complexity index is 490. The van der Waals surface area contributed by atoms with Gasteiger partial charge in [-0.2, -0.15) is 0 Å². The molecule has 5 heteroatoms. The molecule has 0 spiro atoms. The first-order valence-corrected chi connectivity index (χ1v) is 6.91. The number of rotatable bonds is 1. The number of nitrogens with zero attached hydrogens (tertiary/aromatic N) is 3. The van der Waals surface area contributed by atoms with Gasteiger partial charge in [0, 0.05) is 43.3 Å². The number of aromatic nitrogens is 1. The number of fused-ring (bicyclic) bond motifs is 1. The lowest BCUT2D eigenvalue weighted by molar-refractivity contribution is 0.0396. The summed E-state index contributed by atoms with van der Waals surface area (Å²) in [5.41, 5.74) is 6.93. The summed E-state index contributed by atoms with van der Waals surface area (Å²) in [6, 6.07) is 2.45. The summed E-state index contributed by atoms with van der Waals surface area (Å²) in [5, 5.41) is 0. The molecule has 2 saturated heterocycles. The molecule has 1 aromatic rings. The van der Waals surface area contributed by atoms with Crippen molar-refractivity contribution in [2.75, 3.05) is 25.4 Å². The third kappa shape index (κ3) is 2.18. The van der Waals surface area contributed by atoms with Gasteiger partial charge in [0.05, 0.1) is 5.56 Å². The average molecular weight is 260 g/mol. The molecule has 0 aromatic carbocycles. The van der Waals surface area contributed by atoms with E-state index in [4.69, 9.17) is 5.73 Å². The van der Waals surface area contributed by atoms with Gasteiger partial charge in [0.15, 0.2) is 0 Å². The second-order valence-corrected chi connectivity index (χ2v) is 5.56. The van der Waals surface area contributed by atoms with E-state index in [2.05, 4.69) is 16.8 Å². The molecule has 0 saturated carbocycles. The second-order valence-electron chi connectivity index (χ2n) is 5.56.